The summed E-state index contributed by atoms with van der Waals surface area (Å²) in [6, 6.07) is 11.9. The molecule has 0 bridgehead atoms. The number of nitrogens with zero attached hydrogens (tertiary/aromatic N) is 4. The van der Waals surface area contributed by atoms with E-state index < -0.39 is 70.5 Å². The Morgan fingerprint density at radius 3 is 2.49 bits per heavy atom. The Bertz CT molecular complexity index is 2110. The number of aromatic nitrogens is 3. The van der Waals surface area contributed by atoms with Crippen molar-refractivity contribution in [2.45, 2.75) is 32.9 Å². The summed E-state index contributed by atoms with van der Waals surface area (Å²) < 4.78 is 88.4. The molecular weight excluding hydrogens is 623 g/mol. The molecule has 240 valence electrons. The normalized spacial score (nSPS) is 15.6. The molecule has 2 aromatic heterocycles. The highest BCUT2D eigenvalue weighted by atomic mass is 19.2. The Morgan fingerprint density at radius 2 is 1.81 bits per heavy atom. The number of nitriles is 1. The van der Waals surface area contributed by atoms with Crippen molar-refractivity contribution in [1.29, 1.82) is 5.26 Å². The van der Waals surface area contributed by atoms with Crippen LogP contribution in [0.5, 0.6) is 5.88 Å². The smallest absolute Gasteiger partial charge is 0.335 e. The number of hydrogen-bond acceptors (Lipinski definition) is 6. The van der Waals surface area contributed by atoms with Gasteiger partial charge in [-0.3, -0.25) is 0 Å². The highest BCUT2D eigenvalue weighted by molar-refractivity contribution is 5.92. The first kappa shape index (κ1) is 31.6. The second-order valence-electron chi connectivity index (χ2n) is 11.8. The van der Waals surface area contributed by atoms with E-state index in [-0.39, 0.29) is 40.9 Å². The highest BCUT2D eigenvalue weighted by Gasteiger charge is 2.39. The fraction of sp³-hybridized carbons (Fsp3) is 0.235. The first-order valence-electron chi connectivity index (χ1n) is 14.3. The molecule has 0 saturated carbocycles. The molecule has 1 aliphatic rings. The van der Waals surface area contributed by atoms with Crippen LogP contribution < -0.4 is 4.74 Å². The standard InChI is InChI=1S/C34H25F5N4O4/c1-34(2)16-46-15-28(34)43-27-10-18(33(44)45)5-7-26(27)41-29(43)12-20-24(37)11-21(31(39)30(20)38)25-8-6-22(35)32(42-25)47-14-19-4-3-17(13-40)9-23(19)36/h3-11,28H,12,14-16H2,1-2H3,(H,44,45)/t28-/m1/s1. The van der Waals surface area contributed by atoms with Crippen molar-refractivity contribution in [1.82, 2.24) is 14.5 Å². The van der Waals surface area contributed by atoms with E-state index in [1.807, 2.05) is 13.8 Å². The number of imidazole rings is 1. The van der Waals surface area contributed by atoms with Gasteiger partial charge in [0.05, 0.1) is 53.2 Å². The maximum atomic E-state index is 15.7. The van der Waals surface area contributed by atoms with E-state index in [9.17, 15) is 18.7 Å². The summed E-state index contributed by atoms with van der Waals surface area (Å²) in [6.07, 6.45) is -0.486. The molecule has 3 heterocycles. The Balaban J connectivity index is 1.35. The number of ether oxygens (including phenoxy) is 2. The van der Waals surface area contributed by atoms with Crippen molar-refractivity contribution in [3.8, 4) is 23.2 Å². The molecule has 3 aromatic carbocycles. The maximum Gasteiger partial charge on any atom is 0.335 e. The van der Waals surface area contributed by atoms with Crippen molar-refractivity contribution >= 4 is 17.0 Å². The van der Waals surface area contributed by atoms with Gasteiger partial charge in [-0.05, 0) is 48.5 Å². The van der Waals surface area contributed by atoms with Gasteiger partial charge < -0.3 is 19.1 Å². The molecule has 1 aliphatic heterocycles. The summed E-state index contributed by atoms with van der Waals surface area (Å²) in [6.45, 7) is 3.99. The summed E-state index contributed by atoms with van der Waals surface area (Å²) in [4.78, 5) is 20.1. The number of pyridine rings is 1. The Hall–Kier alpha value is -5.35. The molecule has 13 heteroatoms. The molecule has 0 amide bonds. The van der Waals surface area contributed by atoms with E-state index in [0.29, 0.717) is 17.6 Å². The summed E-state index contributed by atoms with van der Waals surface area (Å²) in [7, 11) is 0. The van der Waals surface area contributed by atoms with E-state index in [4.69, 9.17) is 14.7 Å². The van der Waals surface area contributed by atoms with Crippen LogP contribution in [0.25, 0.3) is 22.3 Å². The van der Waals surface area contributed by atoms with Crippen LogP contribution in [-0.2, 0) is 17.8 Å². The molecule has 1 saturated heterocycles. The monoisotopic (exact) mass is 648 g/mol. The van der Waals surface area contributed by atoms with Gasteiger partial charge in [-0.15, -0.1) is 0 Å². The fourth-order valence-electron chi connectivity index (χ4n) is 5.62. The number of aromatic carboxylic acids is 1. The molecule has 5 aromatic rings. The molecular formula is C34H25F5N4O4. The highest BCUT2D eigenvalue weighted by Crippen LogP contribution is 2.41. The second-order valence-corrected chi connectivity index (χ2v) is 11.8. The lowest BCUT2D eigenvalue weighted by Crippen LogP contribution is -2.27. The first-order valence-corrected chi connectivity index (χ1v) is 14.3. The van der Waals surface area contributed by atoms with Gasteiger partial charge in [0.1, 0.15) is 24.1 Å². The Labute approximate surface area is 264 Å². The van der Waals surface area contributed by atoms with Crippen LogP contribution in [0.3, 0.4) is 0 Å². The number of carboxylic acid groups (broad SMARTS) is 1. The number of hydrogen-bond donors (Lipinski definition) is 1. The van der Waals surface area contributed by atoms with Gasteiger partial charge in [-0.1, -0.05) is 19.9 Å². The predicted molar refractivity (Wildman–Crippen MR) is 158 cm³/mol. The second kappa shape index (κ2) is 12.1. The maximum absolute atomic E-state index is 15.7. The van der Waals surface area contributed by atoms with Gasteiger partial charge in [-0.2, -0.15) is 5.26 Å². The molecule has 6 rings (SSSR count). The van der Waals surface area contributed by atoms with Crippen LogP contribution in [-0.4, -0.2) is 38.8 Å². The fourth-order valence-corrected chi connectivity index (χ4v) is 5.62. The number of fused-ring (bicyclic) bond motifs is 1. The van der Waals surface area contributed by atoms with Crippen LogP contribution >= 0.6 is 0 Å². The molecule has 0 aliphatic carbocycles. The minimum Gasteiger partial charge on any atom is -0.478 e. The number of carbonyl (C=O) groups is 1. The summed E-state index contributed by atoms with van der Waals surface area (Å²) >= 11 is 0. The van der Waals surface area contributed by atoms with Crippen LogP contribution in [0.2, 0.25) is 0 Å². The lowest BCUT2D eigenvalue weighted by atomic mass is 9.87. The van der Waals surface area contributed by atoms with Crippen LogP contribution in [0, 0.1) is 45.8 Å². The van der Waals surface area contributed by atoms with Gasteiger partial charge >= 0.3 is 5.97 Å². The molecule has 1 N–H and O–H groups in total. The van der Waals surface area contributed by atoms with Crippen LogP contribution in [0.1, 0.15) is 52.8 Å². The van der Waals surface area contributed by atoms with Crippen molar-refractivity contribution in [2.75, 3.05) is 13.2 Å². The van der Waals surface area contributed by atoms with Gasteiger partial charge in [0.2, 0.25) is 0 Å². The minimum absolute atomic E-state index is 0.00753. The van der Waals surface area contributed by atoms with Gasteiger partial charge in [-0.25, -0.2) is 36.7 Å². The third-order valence-corrected chi connectivity index (χ3v) is 8.20. The number of carboxylic acids is 1. The van der Waals surface area contributed by atoms with Gasteiger partial charge in [0.25, 0.3) is 5.88 Å². The van der Waals surface area contributed by atoms with Crippen molar-refractivity contribution in [3.63, 3.8) is 0 Å². The molecule has 1 atom stereocenters. The van der Waals surface area contributed by atoms with Crippen LogP contribution in [0.15, 0.2) is 54.6 Å². The lowest BCUT2D eigenvalue weighted by molar-refractivity contribution is 0.0697. The van der Waals surface area contributed by atoms with E-state index >= 15 is 13.2 Å². The third-order valence-electron chi connectivity index (χ3n) is 8.20. The predicted octanol–water partition coefficient (Wildman–Crippen LogP) is 7.13. The zero-order valence-electron chi connectivity index (χ0n) is 25.0. The minimum atomic E-state index is -1.51. The van der Waals surface area contributed by atoms with Crippen molar-refractivity contribution < 1.29 is 41.3 Å². The van der Waals surface area contributed by atoms with Crippen molar-refractivity contribution in [2.24, 2.45) is 5.41 Å². The number of halogens is 5. The van der Waals surface area contributed by atoms with Gasteiger partial charge in [0.15, 0.2) is 17.5 Å². The van der Waals surface area contributed by atoms with Gasteiger partial charge in [0, 0.05) is 28.5 Å². The average Bonchev–Trinajstić information content (AvgIpc) is 3.58. The quantitative estimate of drug-likeness (QED) is 0.141. The zero-order valence-corrected chi connectivity index (χ0v) is 25.0. The average molecular weight is 649 g/mol. The lowest BCUT2D eigenvalue weighted by Gasteiger charge is -2.28. The summed E-state index contributed by atoms with van der Waals surface area (Å²) in [5.41, 5.74) is -1.18. The first-order chi connectivity index (χ1) is 22.4. The van der Waals surface area contributed by atoms with E-state index in [2.05, 4.69) is 9.97 Å². The Kier molecular flexibility index (Phi) is 8.15. The molecule has 0 radical (unpaired) electrons. The summed E-state index contributed by atoms with van der Waals surface area (Å²) in [5.74, 6) is -7.50. The molecule has 0 unspecified atom stereocenters. The number of benzene rings is 3. The molecule has 1 fully saturated rings. The topological polar surface area (TPSA) is 110 Å². The van der Waals surface area contributed by atoms with Crippen molar-refractivity contribution in [3.05, 3.63) is 112 Å². The van der Waals surface area contributed by atoms with E-state index in [1.165, 1.54) is 30.3 Å². The van der Waals surface area contributed by atoms with Crippen LogP contribution in [0.4, 0.5) is 22.0 Å². The van der Waals surface area contributed by atoms with E-state index in [1.54, 1.807) is 10.6 Å². The molecule has 47 heavy (non-hydrogen) atoms. The molecule has 0 spiro atoms. The zero-order chi connectivity index (χ0) is 33.6. The van der Waals surface area contributed by atoms with E-state index in [0.717, 1.165) is 24.3 Å². The Morgan fingerprint density at radius 1 is 1.02 bits per heavy atom. The molecule has 8 nitrogen and oxygen atoms in total. The summed E-state index contributed by atoms with van der Waals surface area (Å²) in [5, 5.41) is 18.5. The SMILES string of the molecule is CC1(C)COC[C@H]1n1c(Cc2c(F)cc(-c3ccc(F)c(OCc4ccc(C#N)cc4F)n3)c(F)c2F)nc2ccc(C(=O)O)cc21. The third kappa shape index (κ3) is 5.88. The largest absolute Gasteiger partial charge is 0.478 e. The number of rotatable bonds is 8.